The molecule has 0 saturated heterocycles. The third kappa shape index (κ3) is 2.37. The van der Waals surface area contributed by atoms with E-state index < -0.39 is 0 Å². The fraction of sp³-hybridized carbons (Fsp3) is 0.111. The third-order valence-corrected chi connectivity index (χ3v) is 4.21. The van der Waals surface area contributed by atoms with Gasteiger partial charge in [-0.3, -0.25) is 9.80 Å². The molecule has 0 saturated carbocycles. The zero-order valence-electron chi connectivity index (χ0n) is 14.0. The smallest absolute Gasteiger partial charge is 0.229 e. The van der Waals surface area contributed by atoms with Gasteiger partial charge < -0.3 is 11.5 Å². The second kappa shape index (κ2) is 5.55. The molecule has 3 aromatic rings. The third-order valence-electron chi connectivity index (χ3n) is 4.21. The number of nitrogens with two attached hydrogens (primary N) is 2. The number of hydrogen-bond donors (Lipinski definition) is 2. The van der Waals surface area contributed by atoms with Gasteiger partial charge in [-0.25, -0.2) is 4.63 Å². The van der Waals surface area contributed by atoms with Crippen molar-refractivity contribution in [2.24, 2.45) is 11.5 Å². The Morgan fingerprint density at radius 1 is 0.680 bits per heavy atom. The van der Waals surface area contributed by atoms with E-state index in [1.807, 2.05) is 62.4 Å². The van der Waals surface area contributed by atoms with Crippen LogP contribution in [0.2, 0.25) is 0 Å². The van der Waals surface area contributed by atoms with Gasteiger partial charge in [0.05, 0.1) is 0 Å². The lowest BCUT2D eigenvalue weighted by Crippen LogP contribution is -2.38. The van der Waals surface area contributed by atoms with Gasteiger partial charge in [-0.1, -0.05) is 35.4 Å². The molecule has 4 N–H and O–H groups in total. The SMILES string of the molecule is Cc1ccc(N2C(N)=C(N)N(c3ccc(C)cc3)c3nonc32)cc1. The monoisotopic (exact) mass is 334 g/mol. The van der Waals surface area contributed by atoms with E-state index >= 15 is 0 Å². The molecule has 0 fully saturated rings. The Hall–Kier alpha value is -3.48. The molecule has 0 amide bonds. The Bertz CT molecular complexity index is 866. The standard InChI is InChI=1S/C18H18N6O/c1-11-3-7-13(8-4-11)23-15(19)16(20)24(18-17(23)21-25-22-18)14-9-5-12(2)6-10-14/h3-10H,19-20H2,1-2H3. The first-order chi connectivity index (χ1) is 12.1. The van der Waals surface area contributed by atoms with Gasteiger partial charge in [0.1, 0.15) is 0 Å². The normalized spacial score (nSPS) is 14.0. The summed E-state index contributed by atoms with van der Waals surface area (Å²) < 4.78 is 4.99. The summed E-state index contributed by atoms with van der Waals surface area (Å²) in [6.07, 6.45) is 0. The maximum atomic E-state index is 6.35. The first-order valence-corrected chi connectivity index (χ1v) is 7.87. The van der Waals surface area contributed by atoms with Crippen LogP contribution in [0.3, 0.4) is 0 Å². The number of rotatable bonds is 2. The van der Waals surface area contributed by atoms with Crippen molar-refractivity contribution in [1.82, 2.24) is 10.3 Å². The van der Waals surface area contributed by atoms with Crippen LogP contribution in [0.5, 0.6) is 0 Å². The van der Waals surface area contributed by atoms with Gasteiger partial charge in [0.2, 0.25) is 11.6 Å². The minimum Gasteiger partial charge on any atom is -0.382 e. The molecule has 0 bridgehead atoms. The van der Waals surface area contributed by atoms with E-state index in [0.717, 1.165) is 22.5 Å². The van der Waals surface area contributed by atoms with Crippen LogP contribution < -0.4 is 21.3 Å². The molecule has 7 heteroatoms. The highest BCUT2D eigenvalue weighted by Gasteiger charge is 2.34. The highest BCUT2D eigenvalue weighted by atomic mass is 16.6. The molecule has 2 heterocycles. The van der Waals surface area contributed by atoms with Crippen LogP contribution >= 0.6 is 0 Å². The predicted molar refractivity (Wildman–Crippen MR) is 96.3 cm³/mol. The Kier molecular flexibility index (Phi) is 3.35. The number of benzene rings is 2. The van der Waals surface area contributed by atoms with Crippen molar-refractivity contribution in [3.8, 4) is 0 Å². The fourth-order valence-electron chi connectivity index (χ4n) is 2.83. The van der Waals surface area contributed by atoms with E-state index in [9.17, 15) is 0 Å². The van der Waals surface area contributed by atoms with Gasteiger partial charge in [-0.05, 0) is 48.4 Å². The van der Waals surface area contributed by atoms with Gasteiger partial charge in [0, 0.05) is 11.4 Å². The summed E-state index contributed by atoms with van der Waals surface area (Å²) in [7, 11) is 0. The van der Waals surface area contributed by atoms with Gasteiger partial charge in [-0.2, -0.15) is 0 Å². The van der Waals surface area contributed by atoms with Gasteiger partial charge in [-0.15, -0.1) is 0 Å². The molecule has 0 unspecified atom stereocenters. The van der Waals surface area contributed by atoms with Crippen LogP contribution in [0.15, 0.2) is 64.8 Å². The van der Waals surface area contributed by atoms with Crippen molar-refractivity contribution < 1.29 is 4.63 Å². The van der Waals surface area contributed by atoms with E-state index in [2.05, 4.69) is 10.3 Å². The number of aryl methyl sites for hydroxylation is 2. The summed E-state index contributed by atoms with van der Waals surface area (Å²) in [5, 5.41) is 8.09. The molecule has 0 aliphatic carbocycles. The summed E-state index contributed by atoms with van der Waals surface area (Å²) in [6.45, 7) is 4.05. The van der Waals surface area contributed by atoms with Crippen molar-refractivity contribution in [2.75, 3.05) is 9.80 Å². The zero-order chi connectivity index (χ0) is 17.6. The van der Waals surface area contributed by atoms with E-state index in [-0.39, 0.29) is 0 Å². The van der Waals surface area contributed by atoms with Crippen LogP contribution in [0.4, 0.5) is 23.0 Å². The summed E-state index contributed by atoms with van der Waals surface area (Å²) in [5.74, 6) is 1.73. The molecule has 4 rings (SSSR count). The van der Waals surface area contributed by atoms with Crippen molar-refractivity contribution in [2.45, 2.75) is 13.8 Å². The summed E-state index contributed by atoms with van der Waals surface area (Å²) in [5.41, 5.74) is 16.7. The van der Waals surface area contributed by atoms with Crippen LogP contribution in [0, 0.1) is 13.8 Å². The minimum absolute atomic E-state index is 0.368. The summed E-state index contributed by atoms with van der Waals surface area (Å²) in [6, 6.07) is 15.8. The second-order valence-corrected chi connectivity index (χ2v) is 6.02. The lowest BCUT2D eigenvalue weighted by atomic mass is 10.2. The first-order valence-electron chi connectivity index (χ1n) is 7.87. The van der Waals surface area contributed by atoms with Gasteiger partial charge in [0.25, 0.3) is 0 Å². The molecule has 0 atom stereocenters. The molecule has 2 aromatic carbocycles. The molecular weight excluding hydrogens is 316 g/mol. The Morgan fingerprint density at radius 2 is 1.04 bits per heavy atom. The molecule has 1 aromatic heterocycles. The molecule has 1 aliphatic rings. The number of anilines is 4. The topological polar surface area (TPSA) is 97.4 Å². The average Bonchev–Trinajstić information content (AvgIpc) is 3.07. The lowest BCUT2D eigenvalue weighted by molar-refractivity contribution is 0.309. The molecule has 25 heavy (non-hydrogen) atoms. The predicted octanol–water partition coefficient (Wildman–Crippen LogP) is 3.02. The van der Waals surface area contributed by atoms with E-state index in [4.69, 9.17) is 16.1 Å². The highest BCUT2D eigenvalue weighted by molar-refractivity contribution is 5.83. The molecule has 1 aliphatic heterocycles. The minimum atomic E-state index is 0.368. The quantitative estimate of drug-likeness (QED) is 0.743. The molecule has 0 spiro atoms. The van der Waals surface area contributed by atoms with Gasteiger partial charge in [0.15, 0.2) is 11.6 Å². The maximum Gasteiger partial charge on any atom is 0.229 e. The van der Waals surface area contributed by atoms with Crippen molar-refractivity contribution in [1.29, 1.82) is 0 Å². The Balaban J connectivity index is 1.87. The number of nitrogens with zero attached hydrogens (tertiary/aromatic N) is 4. The summed E-state index contributed by atoms with van der Waals surface area (Å²) >= 11 is 0. The molecule has 7 nitrogen and oxygen atoms in total. The molecule has 126 valence electrons. The van der Waals surface area contributed by atoms with Crippen LogP contribution in [-0.4, -0.2) is 10.3 Å². The van der Waals surface area contributed by atoms with Crippen molar-refractivity contribution in [3.63, 3.8) is 0 Å². The van der Waals surface area contributed by atoms with Crippen LogP contribution in [0.1, 0.15) is 11.1 Å². The highest BCUT2D eigenvalue weighted by Crippen LogP contribution is 2.42. The first kappa shape index (κ1) is 15.1. The maximum absolute atomic E-state index is 6.35. The van der Waals surface area contributed by atoms with E-state index in [0.29, 0.717) is 23.3 Å². The number of hydrogen-bond acceptors (Lipinski definition) is 7. The van der Waals surface area contributed by atoms with Crippen LogP contribution in [0.25, 0.3) is 0 Å². The molecular formula is C18H18N6O. The number of fused-ring (bicyclic) bond motifs is 1. The zero-order valence-corrected chi connectivity index (χ0v) is 14.0. The largest absolute Gasteiger partial charge is 0.382 e. The van der Waals surface area contributed by atoms with E-state index in [1.165, 1.54) is 0 Å². The van der Waals surface area contributed by atoms with Crippen molar-refractivity contribution >= 4 is 23.0 Å². The summed E-state index contributed by atoms with van der Waals surface area (Å²) in [4.78, 5) is 3.48. The van der Waals surface area contributed by atoms with E-state index in [1.54, 1.807) is 9.80 Å². The van der Waals surface area contributed by atoms with Crippen LogP contribution in [-0.2, 0) is 0 Å². The lowest BCUT2D eigenvalue weighted by Gasteiger charge is -2.34. The van der Waals surface area contributed by atoms with Gasteiger partial charge >= 0.3 is 0 Å². The van der Waals surface area contributed by atoms with Crippen molar-refractivity contribution in [3.05, 3.63) is 71.3 Å². The second-order valence-electron chi connectivity index (χ2n) is 6.02. The molecule has 0 radical (unpaired) electrons. The Morgan fingerprint density at radius 3 is 1.40 bits per heavy atom. The number of aromatic nitrogens is 2. The Labute approximate surface area is 145 Å². The fourth-order valence-corrected chi connectivity index (χ4v) is 2.83. The average molecular weight is 334 g/mol.